The first-order valence-corrected chi connectivity index (χ1v) is 8.13. The van der Waals surface area contributed by atoms with Crippen molar-refractivity contribution in [2.24, 2.45) is 0 Å². The van der Waals surface area contributed by atoms with Gasteiger partial charge in [-0.2, -0.15) is 9.61 Å². The smallest absolute Gasteiger partial charge is 0.262 e. The molecule has 0 aliphatic heterocycles. The summed E-state index contributed by atoms with van der Waals surface area (Å²) < 4.78 is 19.8. The van der Waals surface area contributed by atoms with Crippen molar-refractivity contribution in [2.45, 2.75) is 0 Å². The maximum atomic E-state index is 12.9. The van der Waals surface area contributed by atoms with Crippen LogP contribution >= 0.6 is 0 Å². The number of anilines is 1. The van der Waals surface area contributed by atoms with Gasteiger partial charge in [0.1, 0.15) is 17.9 Å². The third-order valence-corrected chi connectivity index (χ3v) is 3.79. The number of halogens is 1. The van der Waals surface area contributed by atoms with Crippen LogP contribution in [0.2, 0.25) is 0 Å². The number of nitrogens with one attached hydrogen (secondary N) is 1. The maximum Gasteiger partial charge on any atom is 0.262 e. The fourth-order valence-electron chi connectivity index (χ4n) is 2.52. The Kier molecular flexibility index (Phi) is 4.44. The third-order valence-electron chi connectivity index (χ3n) is 3.79. The lowest BCUT2D eigenvalue weighted by Gasteiger charge is -2.09. The average molecular weight is 363 g/mol. The highest BCUT2D eigenvalue weighted by Gasteiger charge is 2.07. The summed E-state index contributed by atoms with van der Waals surface area (Å²) in [6.45, 7) is -0.180. The number of carbonyl (C=O) groups is 1. The topological polar surface area (TPSA) is 81.4 Å². The number of hydrogen-bond acceptors (Lipinski definition) is 5. The quantitative estimate of drug-likeness (QED) is 0.590. The van der Waals surface area contributed by atoms with Gasteiger partial charge in [-0.15, -0.1) is 10.2 Å². The molecule has 0 saturated carbocycles. The van der Waals surface area contributed by atoms with Gasteiger partial charge >= 0.3 is 0 Å². The Hall–Kier alpha value is -3.81. The Bertz CT molecular complexity index is 1090. The number of nitrogens with zero attached hydrogens (tertiary/aromatic N) is 4. The van der Waals surface area contributed by atoms with Crippen molar-refractivity contribution >= 4 is 17.2 Å². The molecule has 0 unspecified atom stereocenters. The molecule has 1 amide bonds. The molecule has 7 nitrogen and oxygen atoms in total. The Balaban J connectivity index is 1.44. The van der Waals surface area contributed by atoms with E-state index in [0.717, 1.165) is 11.3 Å². The van der Waals surface area contributed by atoms with Gasteiger partial charge in [0.2, 0.25) is 0 Å². The zero-order chi connectivity index (χ0) is 18.6. The Morgan fingerprint density at radius 2 is 1.96 bits per heavy atom. The molecule has 0 bridgehead atoms. The summed E-state index contributed by atoms with van der Waals surface area (Å²) in [4.78, 5) is 12.1. The SMILES string of the molecule is O=C(COc1ccc(F)cc1)Nc1cccc(-c2ccc3nncn3n2)c1. The molecule has 0 fully saturated rings. The molecule has 2 aromatic carbocycles. The molecule has 2 aromatic heterocycles. The minimum Gasteiger partial charge on any atom is -0.484 e. The Labute approximate surface area is 153 Å². The fraction of sp³-hybridized carbons (Fsp3) is 0.0526. The fourth-order valence-corrected chi connectivity index (χ4v) is 2.52. The molecule has 0 aliphatic carbocycles. The van der Waals surface area contributed by atoms with Crippen LogP contribution < -0.4 is 10.1 Å². The van der Waals surface area contributed by atoms with Crippen LogP contribution in [0.4, 0.5) is 10.1 Å². The van der Waals surface area contributed by atoms with E-state index < -0.39 is 0 Å². The standard InChI is InChI=1S/C19H14FN5O2/c20-14-4-6-16(7-5-14)27-11-19(26)22-15-3-1-2-13(10-15)17-8-9-18-23-21-12-25(18)24-17/h1-10,12H,11H2,(H,22,26). The normalized spacial score (nSPS) is 10.7. The summed E-state index contributed by atoms with van der Waals surface area (Å²) in [5.41, 5.74) is 2.83. The molecule has 4 aromatic rings. The van der Waals surface area contributed by atoms with Crippen molar-refractivity contribution in [1.82, 2.24) is 19.8 Å². The Morgan fingerprint density at radius 3 is 2.81 bits per heavy atom. The molecule has 0 spiro atoms. The van der Waals surface area contributed by atoms with Gasteiger partial charge in [-0.3, -0.25) is 4.79 Å². The summed E-state index contributed by atoms with van der Waals surface area (Å²) in [5.74, 6) is -0.257. The van der Waals surface area contributed by atoms with Crippen LogP contribution in [0, 0.1) is 5.82 Å². The van der Waals surface area contributed by atoms with E-state index in [1.54, 1.807) is 10.6 Å². The van der Waals surface area contributed by atoms with Gasteiger partial charge in [0, 0.05) is 11.3 Å². The van der Waals surface area contributed by atoms with Gasteiger partial charge in [-0.05, 0) is 48.5 Å². The summed E-state index contributed by atoms with van der Waals surface area (Å²) in [5, 5.41) is 14.9. The monoisotopic (exact) mass is 363 g/mol. The number of hydrogen-bond donors (Lipinski definition) is 1. The summed E-state index contributed by atoms with van der Waals surface area (Å²) in [6.07, 6.45) is 1.53. The molecular weight excluding hydrogens is 349 g/mol. The number of carbonyl (C=O) groups excluding carboxylic acids is 1. The van der Waals surface area contributed by atoms with Gasteiger partial charge in [-0.1, -0.05) is 12.1 Å². The molecule has 0 aliphatic rings. The highest BCUT2D eigenvalue weighted by Crippen LogP contribution is 2.21. The number of aromatic nitrogens is 4. The molecule has 4 rings (SSSR count). The lowest BCUT2D eigenvalue weighted by atomic mass is 10.1. The molecule has 27 heavy (non-hydrogen) atoms. The number of fused-ring (bicyclic) bond motifs is 1. The predicted molar refractivity (Wildman–Crippen MR) is 96.7 cm³/mol. The van der Waals surface area contributed by atoms with E-state index in [0.29, 0.717) is 17.1 Å². The second kappa shape index (κ2) is 7.20. The van der Waals surface area contributed by atoms with E-state index in [-0.39, 0.29) is 18.3 Å². The highest BCUT2D eigenvalue weighted by atomic mass is 19.1. The number of ether oxygens (including phenoxy) is 1. The Morgan fingerprint density at radius 1 is 1.11 bits per heavy atom. The number of rotatable bonds is 5. The minimum atomic E-state index is -0.359. The summed E-state index contributed by atoms with van der Waals surface area (Å²) >= 11 is 0. The second-order valence-electron chi connectivity index (χ2n) is 5.72. The van der Waals surface area contributed by atoms with E-state index in [1.165, 1.54) is 30.6 Å². The van der Waals surface area contributed by atoms with Crippen LogP contribution in [-0.2, 0) is 4.79 Å². The van der Waals surface area contributed by atoms with Gasteiger partial charge in [0.25, 0.3) is 5.91 Å². The van der Waals surface area contributed by atoms with Crippen LogP contribution in [0.25, 0.3) is 16.9 Å². The lowest BCUT2D eigenvalue weighted by Crippen LogP contribution is -2.20. The molecule has 2 heterocycles. The minimum absolute atomic E-state index is 0.180. The van der Waals surface area contributed by atoms with Crippen molar-refractivity contribution in [1.29, 1.82) is 0 Å². The van der Waals surface area contributed by atoms with E-state index >= 15 is 0 Å². The van der Waals surface area contributed by atoms with Crippen molar-refractivity contribution < 1.29 is 13.9 Å². The molecule has 0 radical (unpaired) electrons. The average Bonchev–Trinajstić information content (AvgIpc) is 3.15. The maximum absolute atomic E-state index is 12.9. The van der Waals surface area contributed by atoms with Crippen LogP contribution in [-0.4, -0.2) is 32.3 Å². The van der Waals surface area contributed by atoms with Crippen LogP contribution in [0.3, 0.4) is 0 Å². The zero-order valence-corrected chi connectivity index (χ0v) is 14.0. The van der Waals surface area contributed by atoms with E-state index in [9.17, 15) is 9.18 Å². The molecule has 0 atom stereocenters. The molecule has 0 saturated heterocycles. The van der Waals surface area contributed by atoms with Crippen molar-refractivity contribution in [3.05, 3.63) is 72.8 Å². The van der Waals surface area contributed by atoms with Gasteiger partial charge in [-0.25, -0.2) is 4.39 Å². The zero-order valence-electron chi connectivity index (χ0n) is 14.0. The van der Waals surface area contributed by atoms with Crippen LogP contribution in [0.15, 0.2) is 67.0 Å². The molecular formula is C19H14FN5O2. The third kappa shape index (κ3) is 3.90. The first-order valence-electron chi connectivity index (χ1n) is 8.13. The number of benzene rings is 2. The van der Waals surface area contributed by atoms with E-state index in [4.69, 9.17) is 4.74 Å². The first kappa shape index (κ1) is 16.6. The largest absolute Gasteiger partial charge is 0.484 e. The van der Waals surface area contributed by atoms with E-state index in [2.05, 4.69) is 20.6 Å². The molecule has 1 N–H and O–H groups in total. The van der Waals surface area contributed by atoms with Crippen LogP contribution in [0.5, 0.6) is 5.75 Å². The summed E-state index contributed by atoms with van der Waals surface area (Å²) in [7, 11) is 0. The molecule has 8 heteroatoms. The van der Waals surface area contributed by atoms with Crippen molar-refractivity contribution in [3.8, 4) is 17.0 Å². The lowest BCUT2D eigenvalue weighted by molar-refractivity contribution is -0.118. The predicted octanol–water partition coefficient (Wildman–Crippen LogP) is 2.95. The van der Waals surface area contributed by atoms with Crippen molar-refractivity contribution in [3.63, 3.8) is 0 Å². The molecule has 134 valence electrons. The van der Waals surface area contributed by atoms with Gasteiger partial charge in [0.05, 0.1) is 5.69 Å². The number of amides is 1. The van der Waals surface area contributed by atoms with Crippen LogP contribution in [0.1, 0.15) is 0 Å². The van der Waals surface area contributed by atoms with E-state index in [1.807, 2.05) is 30.3 Å². The summed E-state index contributed by atoms with van der Waals surface area (Å²) in [6, 6.07) is 16.4. The highest BCUT2D eigenvalue weighted by molar-refractivity contribution is 5.92. The van der Waals surface area contributed by atoms with Gasteiger partial charge < -0.3 is 10.1 Å². The second-order valence-corrected chi connectivity index (χ2v) is 5.72. The van der Waals surface area contributed by atoms with Gasteiger partial charge in [0.15, 0.2) is 12.3 Å². The first-order chi connectivity index (χ1) is 13.2. The van der Waals surface area contributed by atoms with Crippen molar-refractivity contribution in [2.75, 3.05) is 11.9 Å².